The summed E-state index contributed by atoms with van der Waals surface area (Å²) in [5.41, 5.74) is 0. The first-order valence-corrected chi connectivity index (χ1v) is 0. The molecule has 0 saturated carbocycles. The number of rotatable bonds is 0. The second kappa shape index (κ2) is 27.2. The van der Waals surface area contributed by atoms with E-state index >= 15 is 0 Å². The molecule has 0 N–H and O–H groups in total. The molecule has 0 unspecified atom stereocenters. The quantitative estimate of drug-likeness (QED) is 0.433. The predicted molar refractivity (Wildman–Crippen MR) is 17.1 cm³/mol. The summed E-state index contributed by atoms with van der Waals surface area (Å²) in [6.45, 7) is 0. The van der Waals surface area contributed by atoms with E-state index in [4.69, 9.17) is 0 Å². The van der Waals surface area contributed by atoms with Gasteiger partial charge < -0.3 is 0 Å². The predicted octanol–water partition coefficient (Wildman–Crippen LogP) is -1.84. The standard InChI is InChI=1S/2Co.2Mg.Zn.4H. The molecule has 0 aromatic heterocycles. The second-order valence-electron chi connectivity index (χ2n) is 0. The first kappa shape index (κ1) is 41.8. The van der Waals surface area contributed by atoms with E-state index in [0.29, 0.717) is 0 Å². The van der Waals surface area contributed by atoms with Crippen molar-refractivity contribution in [1.29, 1.82) is 0 Å². The molecular weight excluding hydrogens is 232 g/mol. The summed E-state index contributed by atoms with van der Waals surface area (Å²) in [5.74, 6) is 0. The topological polar surface area (TPSA) is 0 Å². The minimum atomic E-state index is 0. The van der Waals surface area contributed by atoms with Gasteiger partial charge in [-0.3, -0.25) is 0 Å². The summed E-state index contributed by atoms with van der Waals surface area (Å²) in [6.07, 6.45) is 0. The van der Waals surface area contributed by atoms with E-state index in [9.17, 15) is 0 Å². The van der Waals surface area contributed by atoms with Crippen molar-refractivity contribution in [2.24, 2.45) is 0 Å². The van der Waals surface area contributed by atoms with Crippen LogP contribution in [0.2, 0.25) is 0 Å². The summed E-state index contributed by atoms with van der Waals surface area (Å²) in [4.78, 5) is 0. The molecule has 0 fully saturated rings. The van der Waals surface area contributed by atoms with Crippen LogP contribution in [0.15, 0.2) is 0 Å². The van der Waals surface area contributed by atoms with Crippen LogP contribution in [-0.4, -0.2) is 46.1 Å². The molecule has 0 aliphatic rings. The van der Waals surface area contributed by atoms with E-state index in [0.717, 1.165) is 0 Å². The molecular formula is H4Co2Mg2Zn. The van der Waals surface area contributed by atoms with Gasteiger partial charge in [0.1, 0.15) is 0 Å². The molecule has 2 radical (unpaired) electrons. The Bertz CT molecular complexity index is 7.61. The Labute approximate surface area is 97.4 Å². The van der Waals surface area contributed by atoms with Gasteiger partial charge in [0.2, 0.25) is 0 Å². The van der Waals surface area contributed by atoms with Crippen molar-refractivity contribution < 1.29 is 53.0 Å². The molecule has 0 heterocycles. The summed E-state index contributed by atoms with van der Waals surface area (Å²) >= 11 is 0. The van der Waals surface area contributed by atoms with Crippen LogP contribution in [0.3, 0.4) is 0 Å². The van der Waals surface area contributed by atoms with Crippen molar-refractivity contribution in [3.63, 3.8) is 0 Å². The van der Waals surface area contributed by atoms with Crippen LogP contribution in [-0.2, 0) is 53.0 Å². The maximum atomic E-state index is 0. The molecule has 5 heavy (non-hydrogen) atoms. The third kappa shape index (κ3) is 19.1. The molecule has 0 rings (SSSR count). The SMILES string of the molecule is [Co].[Co].[MgH2].[MgH2].[Zn]. The molecule has 0 saturated heterocycles. The van der Waals surface area contributed by atoms with Gasteiger partial charge in [0.25, 0.3) is 0 Å². The van der Waals surface area contributed by atoms with Crippen molar-refractivity contribution in [2.75, 3.05) is 0 Å². The first-order chi connectivity index (χ1) is 0. The van der Waals surface area contributed by atoms with Gasteiger partial charge in [-0.25, -0.2) is 0 Å². The van der Waals surface area contributed by atoms with Crippen molar-refractivity contribution in [3.05, 3.63) is 0 Å². The molecule has 0 spiro atoms. The van der Waals surface area contributed by atoms with Gasteiger partial charge in [-0.15, -0.1) is 0 Å². The zero-order valence-electron chi connectivity index (χ0n) is 1.37. The van der Waals surface area contributed by atoms with Crippen molar-refractivity contribution in [1.82, 2.24) is 0 Å². The monoisotopic (exact) mass is 234 g/mol. The molecule has 28 valence electrons. The molecule has 0 aliphatic heterocycles. The molecule has 0 atom stereocenters. The van der Waals surface area contributed by atoms with E-state index in [-0.39, 0.29) is 99.1 Å². The van der Waals surface area contributed by atoms with E-state index in [2.05, 4.69) is 0 Å². The Morgan fingerprint density at radius 1 is 0.600 bits per heavy atom. The van der Waals surface area contributed by atoms with E-state index in [1.165, 1.54) is 0 Å². The molecule has 0 nitrogen and oxygen atoms in total. The fourth-order valence-electron chi connectivity index (χ4n) is 0. The third-order valence-electron chi connectivity index (χ3n) is 0. The zero-order chi connectivity index (χ0) is 0. The Balaban J connectivity index is 0. The van der Waals surface area contributed by atoms with Gasteiger partial charge in [-0.05, 0) is 0 Å². The van der Waals surface area contributed by atoms with Gasteiger partial charge in [0.05, 0.1) is 0 Å². The first-order valence-electron chi connectivity index (χ1n) is 0. The smallest absolute Gasteiger partial charge is 0 e. The molecule has 0 bridgehead atoms. The molecule has 5 heteroatoms. The van der Waals surface area contributed by atoms with Crippen molar-refractivity contribution in [3.8, 4) is 0 Å². The minimum Gasteiger partial charge on any atom is 0 e. The normalized spacial score (nSPS) is 0. The fourth-order valence-corrected chi connectivity index (χ4v) is 0. The summed E-state index contributed by atoms with van der Waals surface area (Å²) in [5, 5.41) is 0. The van der Waals surface area contributed by atoms with E-state index in [1.54, 1.807) is 0 Å². The average molecular weight is 236 g/mol. The van der Waals surface area contributed by atoms with Crippen LogP contribution in [0.4, 0.5) is 0 Å². The largest absolute Gasteiger partial charge is 0.316 e. The van der Waals surface area contributed by atoms with Crippen LogP contribution in [0.25, 0.3) is 0 Å². The van der Waals surface area contributed by atoms with Crippen LogP contribution >= 0.6 is 0 Å². The number of hydrogen-bond donors (Lipinski definition) is 0. The maximum absolute atomic E-state index is 0. The third-order valence-corrected chi connectivity index (χ3v) is 0. The van der Waals surface area contributed by atoms with Gasteiger partial charge in [-0.1, -0.05) is 0 Å². The fraction of sp³-hybridized carbons (Fsp3) is 0. The molecule has 0 aromatic carbocycles. The summed E-state index contributed by atoms with van der Waals surface area (Å²) in [7, 11) is 0. The van der Waals surface area contributed by atoms with Gasteiger partial charge in [0.15, 0.2) is 0 Å². The maximum Gasteiger partial charge on any atom is 0.316 e. The van der Waals surface area contributed by atoms with Crippen LogP contribution in [0.1, 0.15) is 0 Å². The molecule has 0 aromatic rings. The van der Waals surface area contributed by atoms with Gasteiger partial charge >= 0.3 is 46.1 Å². The average Bonchev–Trinajstić information content (AvgIpc) is 0. The van der Waals surface area contributed by atoms with Crippen molar-refractivity contribution in [2.45, 2.75) is 0 Å². The molecule has 0 aliphatic carbocycles. The number of hydrogen-bond acceptors (Lipinski definition) is 0. The Hall–Kier alpha value is 3.17. The Morgan fingerprint density at radius 2 is 0.600 bits per heavy atom. The zero-order valence-corrected chi connectivity index (χ0v) is 6.42. The summed E-state index contributed by atoms with van der Waals surface area (Å²) in [6, 6.07) is 0. The Kier molecular flexibility index (Phi) is 227. The minimum absolute atomic E-state index is 0. The summed E-state index contributed by atoms with van der Waals surface area (Å²) < 4.78 is 0. The Morgan fingerprint density at radius 3 is 0.600 bits per heavy atom. The molecule has 0 amide bonds. The van der Waals surface area contributed by atoms with Crippen LogP contribution in [0, 0.1) is 0 Å². The van der Waals surface area contributed by atoms with E-state index in [1.807, 2.05) is 0 Å². The second-order valence-corrected chi connectivity index (χ2v) is 0. The van der Waals surface area contributed by atoms with Crippen LogP contribution < -0.4 is 0 Å². The van der Waals surface area contributed by atoms with E-state index < -0.39 is 0 Å². The van der Waals surface area contributed by atoms with Gasteiger partial charge in [-0.2, -0.15) is 0 Å². The van der Waals surface area contributed by atoms with Crippen molar-refractivity contribution >= 4 is 46.1 Å². The van der Waals surface area contributed by atoms with Crippen LogP contribution in [0.5, 0.6) is 0 Å². The van der Waals surface area contributed by atoms with Gasteiger partial charge in [0, 0.05) is 53.0 Å².